The molecule has 0 radical (unpaired) electrons. The third-order valence-corrected chi connectivity index (χ3v) is 2.43. The van der Waals surface area contributed by atoms with E-state index in [-0.39, 0.29) is 24.3 Å². The lowest BCUT2D eigenvalue weighted by Crippen LogP contribution is -2.35. The summed E-state index contributed by atoms with van der Waals surface area (Å²) in [6.07, 6.45) is 0. The van der Waals surface area contributed by atoms with Gasteiger partial charge < -0.3 is 14.8 Å². The van der Waals surface area contributed by atoms with Crippen LogP contribution >= 0.6 is 12.4 Å². The van der Waals surface area contributed by atoms with E-state index in [1.165, 1.54) is 7.11 Å². The lowest BCUT2D eigenvalue weighted by Gasteiger charge is -2.23. The summed E-state index contributed by atoms with van der Waals surface area (Å²) in [5, 5.41) is 3.00. The number of methoxy groups -OCH3 is 1. The van der Waals surface area contributed by atoms with E-state index >= 15 is 0 Å². The Balaban J connectivity index is 0.00000256. The standard InChI is InChI=1S/C11H19NO4.ClH/c1-11(2,3)16-10(14)8-6-12-5-7(8)9(13)15-4;/h7-8,12H,5-6H2,1-4H3;1H/t7-,8+;/m1./s1. The van der Waals surface area contributed by atoms with Gasteiger partial charge in [0, 0.05) is 13.1 Å². The molecule has 100 valence electrons. The number of nitrogens with one attached hydrogen (secondary N) is 1. The van der Waals surface area contributed by atoms with E-state index in [1.54, 1.807) is 20.8 Å². The van der Waals surface area contributed by atoms with Gasteiger partial charge in [0.1, 0.15) is 5.60 Å². The van der Waals surface area contributed by atoms with Crippen LogP contribution in [0.1, 0.15) is 20.8 Å². The van der Waals surface area contributed by atoms with Crippen molar-refractivity contribution >= 4 is 24.3 Å². The highest BCUT2D eigenvalue weighted by Gasteiger charge is 2.40. The molecule has 0 aromatic carbocycles. The Bertz CT molecular complexity index is 288. The number of carbonyl (C=O) groups is 2. The maximum Gasteiger partial charge on any atom is 0.311 e. The highest BCUT2D eigenvalue weighted by Crippen LogP contribution is 2.22. The summed E-state index contributed by atoms with van der Waals surface area (Å²) in [7, 11) is 1.33. The molecule has 0 amide bonds. The molecule has 1 heterocycles. The van der Waals surface area contributed by atoms with E-state index in [0.717, 1.165) is 0 Å². The van der Waals surface area contributed by atoms with E-state index < -0.39 is 17.4 Å². The van der Waals surface area contributed by atoms with Crippen LogP contribution in [0.2, 0.25) is 0 Å². The molecule has 0 aliphatic carbocycles. The molecule has 1 saturated heterocycles. The zero-order valence-electron chi connectivity index (χ0n) is 10.6. The molecule has 5 nitrogen and oxygen atoms in total. The average Bonchev–Trinajstić information content (AvgIpc) is 2.62. The number of ether oxygens (including phenoxy) is 2. The first-order chi connectivity index (χ1) is 7.35. The number of hydrogen-bond acceptors (Lipinski definition) is 5. The van der Waals surface area contributed by atoms with Crippen LogP contribution in [-0.2, 0) is 19.1 Å². The van der Waals surface area contributed by atoms with E-state index in [9.17, 15) is 9.59 Å². The monoisotopic (exact) mass is 265 g/mol. The van der Waals surface area contributed by atoms with Crippen molar-refractivity contribution in [2.45, 2.75) is 26.4 Å². The van der Waals surface area contributed by atoms with E-state index in [0.29, 0.717) is 13.1 Å². The van der Waals surface area contributed by atoms with Crippen LogP contribution in [0, 0.1) is 11.8 Å². The van der Waals surface area contributed by atoms with Gasteiger partial charge in [-0.15, -0.1) is 12.4 Å². The van der Waals surface area contributed by atoms with Gasteiger partial charge in [-0.25, -0.2) is 0 Å². The third-order valence-electron chi connectivity index (χ3n) is 2.43. The Kier molecular flexibility index (Phi) is 5.92. The van der Waals surface area contributed by atoms with Gasteiger partial charge in [0.15, 0.2) is 0 Å². The highest BCUT2D eigenvalue weighted by molar-refractivity contribution is 5.85. The maximum absolute atomic E-state index is 11.8. The van der Waals surface area contributed by atoms with Gasteiger partial charge in [0.05, 0.1) is 18.9 Å². The molecule has 0 bridgehead atoms. The van der Waals surface area contributed by atoms with Crippen molar-refractivity contribution < 1.29 is 19.1 Å². The van der Waals surface area contributed by atoms with Crippen LogP contribution in [0.5, 0.6) is 0 Å². The van der Waals surface area contributed by atoms with Crippen LogP contribution in [0.4, 0.5) is 0 Å². The van der Waals surface area contributed by atoms with Crippen molar-refractivity contribution in [3.05, 3.63) is 0 Å². The van der Waals surface area contributed by atoms with Crippen molar-refractivity contribution in [1.82, 2.24) is 5.32 Å². The van der Waals surface area contributed by atoms with Gasteiger partial charge in [0.2, 0.25) is 0 Å². The van der Waals surface area contributed by atoms with Gasteiger partial charge in [-0.1, -0.05) is 0 Å². The Hall–Kier alpha value is -0.810. The van der Waals surface area contributed by atoms with Gasteiger partial charge in [-0.05, 0) is 20.8 Å². The summed E-state index contributed by atoms with van der Waals surface area (Å²) in [6, 6.07) is 0. The van der Waals surface area contributed by atoms with Gasteiger partial charge in [-0.3, -0.25) is 9.59 Å². The Labute approximate surface area is 108 Å². The predicted molar refractivity (Wildman–Crippen MR) is 65.0 cm³/mol. The SMILES string of the molecule is COC(=O)[C@@H]1CNC[C@@H]1C(=O)OC(C)(C)C.Cl. The minimum Gasteiger partial charge on any atom is -0.469 e. The second kappa shape index (κ2) is 6.21. The lowest BCUT2D eigenvalue weighted by atomic mass is 9.96. The van der Waals surface area contributed by atoms with Crippen LogP contribution < -0.4 is 5.32 Å². The molecule has 1 fully saturated rings. The molecule has 17 heavy (non-hydrogen) atoms. The Morgan fingerprint density at radius 1 is 1.12 bits per heavy atom. The molecule has 1 aliphatic rings. The summed E-state index contributed by atoms with van der Waals surface area (Å²) in [5.74, 6) is -1.57. The molecule has 1 aliphatic heterocycles. The molecular formula is C11H20ClNO4. The fourth-order valence-corrected chi connectivity index (χ4v) is 1.70. The number of rotatable bonds is 2. The number of hydrogen-bond donors (Lipinski definition) is 1. The fourth-order valence-electron chi connectivity index (χ4n) is 1.70. The third kappa shape index (κ3) is 4.52. The van der Waals surface area contributed by atoms with Crippen molar-refractivity contribution in [3.63, 3.8) is 0 Å². The van der Waals surface area contributed by atoms with Crippen molar-refractivity contribution in [2.75, 3.05) is 20.2 Å². The summed E-state index contributed by atoms with van der Waals surface area (Å²) >= 11 is 0. The highest BCUT2D eigenvalue weighted by atomic mass is 35.5. The normalized spacial score (nSPS) is 23.8. The minimum atomic E-state index is -0.527. The van der Waals surface area contributed by atoms with E-state index in [1.807, 2.05) is 0 Å². The van der Waals surface area contributed by atoms with Crippen LogP contribution in [0.15, 0.2) is 0 Å². The topological polar surface area (TPSA) is 64.6 Å². The molecule has 0 aromatic heterocycles. The van der Waals surface area contributed by atoms with Crippen molar-refractivity contribution in [2.24, 2.45) is 11.8 Å². The molecule has 1 N–H and O–H groups in total. The molecule has 0 spiro atoms. The zero-order valence-corrected chi connectivity index (χ0v) is 11.4. The largest absolute Gasteiger partial charge is 0.469 e. The molecule has 1 rings (SSSR count). The Morgan fingerprint density at radius 3 is 2.00 bits per heavy atom. The molecule has 0 unspecified atom stereocenters. The van der Waals surface area contributed by atoms with Crippen molar-refractivity contribution in [3.8, 4) is 0 Å². The summed E-state index contributed by atoms with van der Waals surface area (Å²) < 4.78 is 9.92. The van der Waals surface area contributed by atoms with Gasteiger partial charge >= 0.3 is 11.9 Å². The quantitative estimate of drug-likeness (QED) is 0.747. The van der Waals surface area contributed by atoms with E-state index in [2.05, 4.69) is 10.1 Å². The average molecular weight is 266 g/mol. The smallest absolute Gasteiger partial charge is 0.311 e. The lowest BCUT2D eigenvalue weighted by molar-refractivity contribution is -0.165. The molecule has 2 atom stereocenters. The first-order valence-corrected chi connectivity index (χ1v) is 5.36. The second-order valence-electron chi connectivity index (χ2n) is 4.93. The fraction of sp³-hybridized carbons (Fsp3) is 0.818. The number of esters is 2. The number of carbonyl (C=O) groups excluding carboxylic acids is 2. The first-order valence-electron chi connectivity index (χ1n) is 5.36. The van der Waals surface area contributed by atoms with Crippen molar-refractivity contribution in [1.29, 1.82) is 0 Å². The summed E-state index contributed by atoms with van der Waals surface area (Å²) in [5.41, 5.74) is -0.527. The van der Waals surface area contributed by atoms with Crippen LogP contribution in [0.3, 0.4) is 0 Å². The molecule has 0 saturated carbocycles. The van der Waals surface area contributed by atoms with Crippen LogP contribution in [-0.4, -0.2) is 37.7 Å². The molecular weight excluding hydrogens is 246 g/mol. The summed E-state index contributed by atoms with van der Waals surface area (Å²) in [4.78, 5) is 23.2. The predicted octanol–water partition coefficient (Wildman–Crippen LogP) is 0.758. The summed E-state index contributed by atoms with van der Waals surface area (Å²) in [6.45, 7) is 6.35. The Morgan fingerprint density at radius 2 is 1.59 bits per heavy atom. The minimum absolute atomic E-state index is 0. The molecule has 0 aromatic rings. The van der Waals surface area contributed by atoms with Gasteiger partial charge in [0.25, 0.3) is 0 Å². The van der Waals surface area contributed by atoms with Gasteiger partial charge in [-0.2, -0.15) is 0 Å². The zero-order chi connectivity index (χ0) is 12.3. The van der Waals surface area contributed by atoms with E-state index in [4.69, 9.17) is 4.74 Å². The second-order valence-corrected chi connectivity index (χ2v) is 4.93. The number of halogens is 1. The molecule has 6 heteroatoms. The van der Waals surface area contributed by atoms with Crippen LogP contribution in [0.25, 0.3) is 0 Å². The maximum atomic E-state index is 11.8. The first kappa shape index (κ1) is 16.2.